The minimum Gasteiger partial charge on any atom is -0.334 e. The molecule has 25 heavy (non-hydrogen) atoms. The van der Waals surface area contributed by atoms with Gasteiger partial charge in [-0.15, -0.1) is 0 Å². The summed E-state index contributed by atoms with van der Waals surface area (Å²) in [6, 6.07) is 9.78. The Bertz CT molecular complexity index is 834. The number of alkyl halides is 2. The summed E-state index contributed by atoms with van der Waals surface area (Å²) in [5, 5.41) is 5.38. The highest BCUT2D eigenvalue weighted by atomic mass is 19.3. The summed E-state index contributed by atoms with van der Waals surface area (Å²) in [5.41, 5.74) is 1.96. The molecule has 0 aliphatic rings. The Morgan fingerprint density at radius 2 is 1.96 bits per heavy atom. The molecule has 0 saturated heterocycles. The van der Waals surface area contributed by atoms with Crippen LogP contribution in [0.15, 0.2) is 61.2 Å². The first-order valence-electron chi connectivity index (χ1n) is 7.48. The van der Waals surface area contributed by atoms with Crippen molar-refractivity contribution in [3.8, 4) is 11.4 Å². The summed E-state index contributed by atoms with van der Waals surface area (Å²) in [4.78, 5) is 19.8. The van der Waals surface area contributed by atoms with Crippen molar-refractivity contribution in [1.82, 2.24) is 19.9 Å². The quantitative estimate of drug-likeness (QED) is 0.743. The zero-order valence-corrected chi connectivity index (χ0v) is 13.1. The van der Waals surface area contributed by atoms with Gasteiger partial charge in [0.1, 0.15) is 5.82 Å². The van der Waals surface area contributed by atoms with Crippen LogP contribution < -0.4 is 10.6 Å². The highest BCUT2D eigenvalue weighted by Crippen LogP contribution is 2.24. The Hall–Kier alpha value is -3.29. The number of pyridine rings is 1. The zero-order chi connectivity index (χ0) is 17.6. The normalized spacial score (nSPS) is 10.7. The van der Waals surface area contributed by atoms with Gasteiger partial charge >= 0.3 is 12.6 Å². The second-order valence-corrected chi connectivity index (χ2v) is 5.18. The number of carbonyl (C=O) groups is 1. The number of amides is 2. The van der Waals surface area contributed by atoms with Gasteiger partial charge in [0.25, 0.3) is 0 Å². The monoisotopic (exact) mass is 343 g/mol. The molecule has 1 aromatic carbocycles. The lowest BCUT2D eigenvalue weighted by Crippen LogP contribution is -2.28. The van der Waals surface area contributed by atoms with Crippen molar-refractivity contribution in [1.29, 1.82) is 0 Å². The van der Waals surface area contributed by atoms with E-state index in [0.717, 1.165) is 10.1 Å². The molecule has 2 heterocycles. The number of hydrogen-bond donors (Lipinski definition) is 2. The van der Waals surface area contributed by atoms with Crippen LogP contribution in [0.25, 0.3) is 11.4 Å². The molecule has 0 fully saturated rings. The molecule has 2 N–H and O–H groups in total. The molecule has 0 spiro atoms. The molecule has 0 radical (unpaired) electrons. The number of rotatable bonds is 5. The van der Waals surface area contributed by atoms with E-state index in [0.29, 0.717) is 17.8 Å². The standard InChI is InChI=1S/C17H15F2N5O/c18-16(19)24-9-8-21-15(24)13-3-5-14(6-4-13)23-17(25)22-11-12-2-1-7-20-10-12/h1-10,16H,11H2,(H2,22,23,25). The van der Waals surface area contributed by atoms with Crippen LogP contribution >= 0.6 is 0 Å². The van der Waals surface area contributed by atoms with E-state index in [1.165, 1.54) is 12.4 Å². The number of anilines is 1. The van der Waals surface area contributed by atoms with E-state index in [1.54, 1.807) is 42.7 Å². The van der Waals surface area contributed by atoms with Crippen molar-refractivity contribution in [2.75, 3.05) is 5.32 Å². The van der Waals surface area contributed by atoms with Crippen LogP contribution in [0.1, 0.15) is 12.1 Å². The average molecular weight is 343 g/mol. The number of nitrogens with zero attached hydrogens (tertiary/aromatic N) is 3. The van der Waals surface area contributed by atoms with Crippen LogP contribution in [0.4, 0.5) is 19.3 Å². The summed E-state index contributed by atoms with van der Waals surface area (Å²) in [5.74, 6) is 0.169. The van der Waals surface area contributed by atoms with Crippen LogP contribution in [0.3, 0.4) is 0 Å². The number of halogens is 2. The third-order valence-corrected chi connectivity index (χ3v) is 3.46. The summed E-state index contributed by atoms with van der Waals surface area (Å²) in [7, 11) is 0. The second-order valence-electron chi connectivity index (χ2n) is 5.18. The van der Waals surface area contributed by atoms with Crippen LogP contribution in [0.2, 0.25) is 0 Å². The molecule has 0 unspecified atom stereocenters. The van der Waals surface area contributed by atoms with Gasteiger partial charge in [0.15, 0.2) is 0 Å². The minimum atomic E-state index is -2.66. The van der Waals surface area contributed by atoms with Gasteiger partial charge in [-0.3, -0.25) is 9.55 Å². The number of imidazole rings is 1. The van der Waals surface area contributed by atoms with Crippen molar-refractivity contribution in [2.45, 2.75) is 13.1 Å². The summed E-state index contributed by atoms with van der Waals surface area (Å²) in [6.07, 6.45) is 5.86. The average Bonchev–Trinajstić information content (AvgIpc) is 3.12. The fourth-order valence-electron chi connectivity index (χ4n) is 2.26. The lowest BCUT2D eigenvalue weighted by atomic mass is 10.2. The summed E-state index contributed by atoms with van der Waals surface area (Å²) < 4.78 is 26.5. The maximum Gasteiger partial charge on any atom is 0.320 e. The molecule has 6 nitrogen and oxygen atoms in total. The fraction of sp³-hybridized carbons (Fsp3) is 0.118. The highest BCUT2D eigenvalue weighted by Gasteiger charge is 2.13. The first-order chi connectivity index (χ1) is 12.1. The fourth-order valence-corrected chi connectivity index (χ4v) is 2.26. The Kier molecular flexibility index (Phi) is 4.98. The van der Waals surface area contributed by atoms with Crippen LogP contribution in [-0.2, 0) is 6.54 Å². The van der Waals surface area contributed by atoms with E-state index >= 15 is 0 Å². The Balaban J connectivity index is 1.60. The van der Waals surface area contributed by atoms with Gasteiger partial charge in [-0.25, -0.2) is 9.78 Å². The molecular formula is C17H15F2N5O. The number of carbonyl (C=O) groups excluding carboxylic acids is 1. The van der Waals surface area contributed by atoms with Crippen LogP contribution in [-0.4, -0.2) is 20.6 Å². The molecular weight excluding hydrogens is 328 g/mol. The Morgan fingerprint density at radius 1 is 1.16 bits per heavy atom. The Morgan fingerprint density at radius 3 is 2.64 bits per heavy atom. The van der Waals surface area contributed by atoms with E-state index in [2.05, 4.69) is 20.6 Å². The molecule has 0 saturated carbocycles. The molecule has 8 heteroatoms. The maximum atomic E-state index is 12.9. The SMILES string of the molecule is O=C(NCc1cccnc1)Nc1ccc(-c2nccn2C(F)F)cc1. The van der Waals surface area contributed by atoms with Crippen molar-refractivity contribution >= 4 is 11.7 Å². The molecule has 0 aliphatic heterocycles. The first kappa shape index (κ1) is 16.6. The Labute approximate surface area is 142 Å². The number of aromatic nitrogens is 3. The molecule has 3 aromatic rings. The molecule has 0 bridgehead atoms. The highest BCUT2D eigenvalue weighted by molar-refractivity contribution is 5.89. The number of benzene rings is 1. The predicted octanol–water partition coefficient (Wildman–Crippen LogP) is 3.66. The molecule has 3 rings (SSSR count). The lowest BCUT2D eigenvalue weighted by molar-refractivity contribution is 0.0720. The van der Waals surface area contributed by atoms with Crippen LogP contribution in [0, 0.1) is 0 Å². The molecule has 128 valence electrons. The van der Waals surface area contributed by atoms with Crippen LogP contribution in [0.5, 0.6) is 0 Å². The number of urea groups is 1. The number of nitrogens with one attached hydrogen (secondary N) is 2. The molecule has 0 aliphatic carbocycles. The third-order valence-electron chi connectivity index (χ3n) is 3.46. The summed E-state index contributed by atoms with van der Waals surface area (Å²) in [6.45, 7) is -2.31. The number of hydrogen-bond acceptors (Lipinski definition) is 3. The lowest BCUT2D eigenvalue weighted by Gasteiger charge is -2.09. The van der Waals surface area contributed by atoms with E-state index in [4.69, 9.17) is 0 Å². The van der Waals surface area contributed by atoms with Gasteiger partial charge in [0.05, 0.1) is 0 Å². The van der Waals surface area contributed by atoms with Crippen molar-refractivity contribution < 1.29 is 13.6 Å². The van der Waals surface area contributed by atoms with E-state index < -0.39 is 6.55 Å². The first-order valence-corrected chi connectivity index (χ1v) is 7.48. The van der Waals surface area contributed by atoms with Gasteiger partial charge in [0.2, 0.25) is 0 Å². The predicted molar refractivity (Wildman–Crippen MR) is 89.0 cm³/mol. The van der Waals surface area contributed by atoms with Gasteiger partial charge in [-0.05, 0) is 35.9 Å². The van der Waals surface area contributed by atoms with Crippen molar-refractivity contribution in [2.24, 2.45) is 0 Å². The van der Waals surface area contributed by atoms with Gasteiger partial charge < -0.3 is 10.6 Å². The maximum absolute atomic E-state index is 12.9. The smallest absolute Gasteiger partial charge is 0.320 e. The molecule has 2 amide bonds. The minimum absolute atomic E-state index is 0.169. The topological polar surface area (TPSA) is 71.8 Å². The largest absolute Gasteiger partial charge is 0.334 e. The van der Waals surface area contributed by atoms with E-state index in [1.807, 2.05) is 6.07 Å². The third kappa shape index (κ3) is 4.17. The summed E-state index contributed by atoms with van der Waals surface area (Å²) >= 11 is 0. The van der Waals surface area contributed by atoms with Crippen molar-refractivity contribution in [3.05, 3.63) is 66.7 Å². The molecule has 2 aromatic heterocycles. The second kappa shape index (κ2) is 7.52. The zero-order valence-electron chi connectivity index (χ0n) is 13.1. The van der Waals surface area contributed by atoms with Gasteiger partial charge in [-0.2, -0.15) is 8.78 Å². The molecule has 0 atom stereocenters. The van der Waals surface area contributed by atoms with E-state index in [-0.39, 0.29) is 11.9 Å². The van der Waals surface area contributed by atoms with E-state index in [9.17, 15) is 13.6 Å². The van der Waals surface area contributed by atoms with Gasteiger partial charge in [-0.1, -0.05) is 6.07 Å². The van der Waals surface area contributed by atoms with Gasteiger partial charge in [0, 0.05) is 42.6 Å². The van der Waals surface area contributed by atoms with Crippen molar-refractivity contribution in [3.63, 3.8) is 0 Å².